The van der Waals surface area contributed by atoms with Crippen molar-refractivity contribution in [2.24, 2.45) is 0 Å². The fraction of sp³-hybridized carbons (Fsp3) is 0.150. The van der Waals surface area contributed by atoms with Gasteiger partial charge >= 0.3 is 6.18 Å². The van der Waals surface area contributed by atoms with Gasteiger partial charge in [0.15, 0.2) is 10.8 Å². The van der Waals surface area contributed by atoms with Crippen LogP contribution in [-0.2, 0) is 18.5 Å². The monoisotopic (exact) mass is 400 g/mol. The molecular formula is C20H15F3N4S. The average molecular weight is 400 g/mol. The van der Waals surface area contributed by atoms with Gasteiger partial charge in [-0.05, 0) is 35.9 Å². The minimum atomic E-state index is -4.35. The van der Waals surface area contributed by atoms with E-state index in [-0.39, 0.29) is 0 Å². The summed E-state index contributed by atoms with van der Waals surface area (Å²) in [6.45, 7) is 0.485. The number of imidazole rings is 1. The smallest absolute Gasteiger partial charge is 0.298 e. The summed E-state index contributed by atoms with van der Waals surface area (Å²) in [5.41, 5.74) is 2.26. The lowest BCUT2D eigenvalue weighted by molar-refractivity contribution is -0.137. The molecule has 0 bridgehead atoms. The summed E-state index contributed by atoms with van der Waals surface area (Å²) < 4.78 is 40.8. The molecule has 0 unspecified atom stereocenters. The molecule has 28 heavy (non-hydrogen) atoms. The van der Waals surface area contributed by atoms with Crippen LogP contribution in [0, 0.1) is 0 Å². The molecule has 0 atom stereocenters. The lowest BCUT2D eigenvalue weighted by atomic mass is 10.1. The van der Waals surface area contributed by atoms with Crippen LogP contribution in [0.4, 0.5) is 13.2 Å². The highest BCUT2D eigenvalue weighted by Crippen LogP contribution is 2.32. The number of fused-ring (bicyclic) bond motifs is 1. The molecule has 0 N–H and O–H groups in total. The highest BCUT2D eigenvalue weighted by atomic mass is 32.2. The zero-order chi connectivity index (χ0) is 19.6. The number of benzene rings is 1. The predicted octanol–water partition coefficient (Wildman–Crippen LogP) is 5.19. The molecule has 3 aromatic heterocycles. The SMILES string of the molecule is FC(F)(F)c1cccc(CSc2nc3cccnc3n2Cc2ccccn2)c1. The Morgan fingerprint density at radius 3 is 2.57 bits per heavy atom. The number of halogens is 3. The number of hydrogen-bond acceptors (Lipinski definition) is 4. The van der Waals surface area contributed by atoms with E-state index in [2.05, 4.69) is 15.0 Å². The highest BCUT2D eigenvalue weighted by Gasteiger charge is 2.30. The Morgan fingerprint density at radius 2 is 1.79 bits per heavy atom. The minimum absolute atomic E-state index is 0.370. The predicted molar refractivity (Wildman–Crippen MR) is 102 cm³/mol. The Hall–Kier alpha value is -2.87. The van der Waals surface area contributed by atoms with E-state index in [0.717, 1.165) is 22.9 Å². The molecule has 0 aliphatic carbocycles. The summed E-state index contributed by atoms with van der Waals surface area (Å²) in [5, 5.41) is 0.691. The van der Waals surface area contributed by atoms with Gasteiger partial charge < -0.3 is 0 Å². The van der Waals surface area contributed by atoms with Gasteiger partial charge in [-0.2, -0.15) is 13.2 Å². The second kappa shape index (κ2) is 7.63. The Labute approximate surface area is 163 Å². The molecule has 0 amide bonds. The lowest BCUT2D eigenvalue weighted by Gasteiger charge is -2.10. The average Bonchev–Trinajstić information content (AvgIpc) is 3.04. The van der Waals surface area contributed by atoms with Crippen LogP contribution in [0.25, 0.3) is 11.2 Å². The van der Waals surface area contributed by atoms with E-state index in [1.807, 2.05) is 34.9 Å². The first-order valence-electron chi connectivity index (χ1n) is 8.51. The molecule has 0 fully saturated rings. The second-order valence-electron chi connectivity index (χ2n) is 6.13. The first kappa shape index (κ1) is 18.5. The zero-order valence-electron chi connectivity index (χ0n) is 14.6. The summed E-state index contributed by atoms with van der Waals surface area (Å²) in [4.78, 5) is 13.4. The van der Waals surface area contributed by atoms with E-state index in [1.54, 1.807) is 18.5 Å². The molecular weight excluding hydrogens is 385 g/mol. The Balaban J connectivity index is 1.63. The quantitative estimate of drug-likeness (QED) is 0.433. The van der Waals surface area contributed by atoms with Gasteiger partial charge in [0.1, 0.15) is 5.52 Å². The first-order chi connectivity index (χ1) is 13.5. The van der Waals surface area contributed by atoms with E-state index >= 15 is 0 Å². The second-order valence-corrected chi connectivity index (χ2v) is 7.08. The summed E-state index contributed by atoms with van der Waals surface area (Å²) in [5.74, 6) is 0.370. The van der Waals surface area contributed by atoms with Crippen molar-refractivity contribution in [2.45, 2.75) is 23.6 Å². The van der Waals surface area contributed by atoms with Crippen LogP contribution < -0.4 is 0 Å². The summed E-state index contributed by atoms with van der Waals surface area (Å²) in [7, 11) is 0. The molecule has 3 heterocycles. The molecule has 0 saturated carbocycles. The fourth-order valence-electron chi connectivity index (χ4n) is 2.83. The largest absolute Gasteiger partial charge is 0.416 e. The third kappa shape index (κ3) is 4.01. The van der Waals surface area contributed by atoms with E-state index in [0.29, 0.717) is 23.0 Å². The van der Waals surface area contributed by atoms with Crippen molar-refractivity contribution in [1.29, 1.82) is 0 Å². The van der Waals surface area contributed by atoms with Crippen molar-refractivity contribution in [3.8, 4) is 0 Å². The van der Waals surface area contributed by atoms with Gasteiger partial charge in [0.25, 0.3) is 0 Å². The third-order valence-corrected chi connectivity index (χ3v) is 5.18. The zero-order valence-corrected chi connectivity index (χ0v) is 15.4. The van der Waals surface area contributed by atoms with Crippen molar-refractivity contribution in [1.82, 2.24) is 19.5 Å². The first-order valence-corrected chi connectivity index (χ1v) is 9.49. The van der Waals surface area contributed by atoms with Crippen LogP contribution in [0.1, 0.15) is 16.8 Å². The number of alkyl halides is 3. The number of hydrogen-bond donors (Lipinski definition) is 0. The van der Waals surface area contributed by atoms with E-state index < -0.39 is 11.7 Å². The lowest BCUT2D eigenvalue weighted by Crippen LogP contribution is -2.05. The Bertz CT molecular complexity index is 1090. The normalized spacial score (nSPS) is 11.8. The van der Waals surface area contributed by atoms with E-state index in [4.69, 9.17) is 0 Å². The fourth-order valence-corrected chi connectivity index (χ4v) is 3.77. The van der Waals surface area contributed by atoms with Gasteiger partial charge in [0.05, 0.1) is 17.8 Å². The van der Waals surface area contributed by atoms with Crippen molar-refractivity contribution in [3.63, 3.8) is 0 Å². The Kier molecular flexibility index (Phi) is 5.04. The van der Waals surface area contributed by atoms with Crippen LogP contribution in [-0.4, -0.2) is 19.5 Å². The molecule has 4 rings (SSSR count). The molecule has 1 aromatic carbocycles. The van der Waals surface area contributed by atoms with Gasteiger partial charge in [0, 0.05) is 18.1 Å². The number of rotatable bonds is 5. The van der Waals surface area contributed by atoms with E-state index in [9.17, 15) is 13.2 Å². The van der Waals surface area contributed by atoms with Crippen LogP contribution in [0.15, 0.2) is 72.1 Å². The van der Waals surface area contributed by atoms with Gasteiger partial charge in [-0.1, -0.05) is 36.0 Å². The number of pyridine rings is 2. The van der Waals surface area contributed by atoms with Gasteiger partial charge in [-0.15, -0.1) is 0 Å². The topological polar surface area (TPSA) is 43.6 Å². The van der Waals surface area contributed by atoms with Crippen LogP contribution in [0.5, 0.6) is 0 Å². The van der Waals surface area contributed by atoms with Crippen LogP contribution >= 0.6 is 11.8 Å². The van der Waals surface area contributed by atoms with Crippen molar-refractivity contribution in [2.75, 3.05) is 0 Å². The molecule has 0 aliphatic rings. The maximum Gasteiger partial charge on any atom is 0.416 e. The van der Waals surface area contributed by atoms with Gasteiger partial charge in [-0.3, -0.25) is 9.55 Å². The number of nitrogens with zero attached hydrogens (tertiary/aromatic N) is 4. The summed E-state index contributed by atoms with van der Waals surface area (Å²) >= 11 is 1.38. The van der Waals surface area contributed by atoms with Crippen molar-refractivity contribution in [3.05, 3.63) is 83.8 Å². The van der Waals surface area contributed by atoms with Gasteiger partial charge in [-0.25, -0.2) is 9.97 Å². The maximum absolute atomic E-state index is 12.9. The summed E-state index contributed by atoms with van der Waals surface area (Å²) in [6.07, 6.45) is -0.936. The van der Waals surface area contributed by atoms with Crippen molar-refractivity contribution < 1.29 is 13.2 Å². The van der Waals surface area contributed by atoms with Crippen LogP contribution in [0.2, 0.25) is 0 Å². The highest BCUT2D eigenvalue weighted by molar-refractivity contribution is 7.98. The van der Waals surface area contributed by atoms with Crippen molar-refractivity contribution >= 4 is 22.9 Å². The maximum atomic E-state index is 12.9. The minimum Gasteiger partial charge on any atom is -0.298 e. The standard InChI is InChI=1S/C20H15F3N4S/c21-20(22,23)15-6-3-5-14(11-15)13-28-19-26-17-8-4-10-25-18(17)27(19)12-16-7-1-2-9-24-16/h1-11H,12-13H2. The molecule has 4 nitrogen and oxygen atoms in total. The molecule has 0 saturated heterocycles. The molecule has 142 valence electrons. The van der Waals surface area contributed by atoms with E-state index in [1.165, 1.54) is 23.9 Å². The Morgan fingerprint density at radius 1 is 0.929 bits per heavy atom. The third-order valence-electron chi connectivity index (χ3n) is 4.14. The van der Waals surface area contributed by atoms with Gasteiger partial charge in [0.2, 0.25) is 0 Å². The molecule has 8 heteroatoms. The molecule has 4 aromatic rings. The molecule has 0 radical (unpaired) electrons. The molecule has 0 aliphatic heterocycles. The number of thioether (sulfide) groups is 1. The summed E-state index contributed by atoms with van der Waals surface area (Å²) in [6, 6.07) is 14.7. The molecule has 0 spiro atoms. The number of aromatic nitrogens is 4. The van der Waals surface area contributed by atoms with Crippen LogP contribution in [0.3, 0.4) is 0 Å².